The maximum atomic E-state index is 12.3. The van der Waals surface area contributed by atoms with E-state index in [1.54, 1.807) is 6.07 Å². The summed E-state index contributed by atoms with van der Waals surface area (Å²) in [5, 5.41) is 1.12. The van der Waals surface area contributed by atoms with Crippen molar-refractivity contribution in [3.63, 3.8) is 0 Å². The summed E-state index contributed by atoms with van der Waals surface area (Å²) in [6.07, 6.45) is 8.63. The summed E-state index contributed by atoms with van der Waals surface area (Å²) < 4.78 is 29.1. The first-order valence-electron chi connectivity index (χ1n) is 10.7. The van der Waals surface area contributed by atoms with E-state index in [9.17, 15) is 8.78 Å². The fraction of sp³-hybridized carbons (Fsp3) is 0.773. The normalized spacial score (nSPS) is 11.2. The van der Waals surface area contributed by atoms with Crippen LogP contribution in [0.5, 0.6) is 5.75 Å². The van der Waals surface area contributed by atoms with Gasteiger partial charge in [0.2, 0.25) is 0 Å². The van der Waals surface area contributed by atoms with Crippen LogP contribution in [-0.4, -0.2) is 28.9 Å². The molecule has 0 aliphatic heterocycles. The predicted octanol–water partition coefficient (Wildman–Crippen LogP) is 8.30. The highest BCUT2D eigenvalue weighted by Crippen LogP contribution is 2.56. The molecule has 1 aromatic rings. The maximum absolute atomic E-state index is 12.3. The first kappa shape index (κ1) is 28.4. The summed E-state index contributed by atoms with van der Waals surface area (Å²) in [6.45, 7) is 11.9. The van der Waals surface area contributed by atoms with Gasteiger partial charge in [0.05, 0.1) is 11.2 Å². The third-order valence-corrected chi connectivity index (χ3v) is 8.38. The highest BCUT2D eigenvalue weighted by Gasteiger charge is 2.26. The second kappa shape index (κ2) is 18.5. The van der Waals surface area contributed by atoms with Crippen LogP contribution in [0.2, 0.25) is 0 Å². The summed E-state index contributed by atoms with van der Waals surface area (Å²) in [6, 6.07) is 3.58. The van der Waals surface area contributed by atoms with Crippen molar-refractivity contribution in [2.75, 3.05) is 17.3 Å². The summed E-state index contributed by atoms with van der Waals surface area (Å²) in [7, 11) is -0.961. The van der Waals surface area contributed by atoms with Gasteiger partial charge in [-0.2, -0.15) is 18.8 Å². The zero-order chi connectivity index (χ0) is 21.1. The predicted molar refractivity (Wildman–Crippen MR) is 119 cm³/mol. The number of aromatic nitrogens is 1. The number of rotatable bonds is 12. The van der Waals surface area contributed by atoms with Crippen LogP contribution in [0.1, 0.15) is 87.0 Å². The summed E-state index contributed by atoms with van der Waals surface area (Å²) in [5.41, 5.74) is 0. The van der Waals surface area contributed by atoms with E-state index in [4.69, 9.17) is 0 Å². The van der Waals surface area contributed by atoms with E-state index >= 15 is 0 Å². The third-order valence-electron chi connectivity index (χ3n) is 4.04. The molecule has 1 rings (SSSR count). The molecule has 0 saturated carbocycles. The van der Waals surface area contributed by atoms with Crippen LogP contribution in [0.3, 0.4) is 0 Å². The minimum absolute atomic E-state index is 0.151. The van der Waals surface area contributed by atoms with Crippen LogP contribution in [0, 0.1) is 0 Å². The molecule has 0 aromatic carbocycles. The van der Waals surface area contributed by atoms with E-state index in [0.717, 1.165) is 5.03 Å². The average molecular weight is 408 g/mol. The lowest BCUT2D eigenvalue weighted by Gasteiger charge is -2.40. The van der Waals surface area contributed by atoms with Crippen molar-refractivity contribution < 1.29 is 13.5 Å². The number of hydrogen-bond donors (Lipinski definition) is 0. The van der Waals surface area contributed by atoms with Crippen LogP contribution < -0.4 is 4.74 Å². The molecule has 162 valence electrons. The van der Waals surface area contributed by atoms with E-state index in [0.29, 0.717) is 0 Å². The highest BCUT2D eigenvalue weighted by molar-refractivity contribution is 8.33. The van der Waals surface area contributed by atoms with Crippen molar-refractivity contribution in [2.24, 2.45) is 0 Å². The number of ether oxygens (including phenoxy) is 1. The first-order chi connectivity index (χ1) is 13.1. The maximum Gasteiger partial charge on any atom is 0.387 e. The van der Waals surface area contributed by atoms with Crippen molar-refractivity contribution >= 4 is 10.0 Å². The van der Waals surface area contributed by atoms with E-state index in [-0.39, 0.29) is 5.75 Å². The average Bonchev–Trinajstić information content (AvgIpc) is 2.71. The number of alkyl halides is 2. The fourth-order valence-electron chi connectivity index (χ4n) is 2.68. The Balaban J connectivity index is 0. The molecular weight excluding hydrogens is 364 g/mol. The van der Waals surface area contributed by atoms with Gasteiger partial charge in [-0.05, 0) is 48.7 Å². The second-order valence-corrected chi connectivity index (χ2v) is 9.66. The summed E-state index contributed by atoms with van der Waals surface area (Å²) in [4.78, 5) is 4.54. The molecule has 0 unspecified atom stereocenters. The zero-order valence-corrected chi connectivity index (χ0v) is 19.5. The first-order valence-corrected chi connectivity index (χ1v) is 12.9. The molecule has 0 spiro atoms. The molecule has 0 fully saturated rings. The Labute approximate surface area is 168 Å². The zero-order valence-electron chi connectivity index (χ0n) is 18.7. The van der Waals surface area contributed by atoms with Crippen LogP contribution in [-0.2, 0) is 0 Å². The van der Waals surface area contributed by atoms with Crippen molar-refractivity contribution in [1.29, 1.82) is 0 Å². The molecule has 1 heterocycles. The van der Waals surface area contributed by atoms with Crippen LogP contribution >= 0.6 is 10.0 Å². The largest absolute Gasteiger partial charge is 0.433 e. The van der Waals surface area contributed by atoms with Gasteiger partial charge in [0.1, 0.15) is 5.75 Å². The molecule has 0 amide bonds. The molecule has 2 nitrogen and oxygen atoms in total. The molecule has 27 heavy (non-hydrogen) atoms. The SMILES string of the molecule is CC.CC.CCCCS(CCCC)(CCCC)c1ccc(OC(F)F)cn1. The second-order valence-electron chi connectivity index (χ2n) is 5.93. The Kier molecular flexibility index (Phi) is 19.5. The number of pyridine rings is 1. The number of nitrogens with zero attached hydrogens (tertiary/aromatic N) is 1. The Bertz CT molecular complexity index is 405. The molecule has 0 radical (unpaired) electrons. The molecular formula is C22H43F2NOS. The Morgan fingerprint density at radius 1 is 0.852 bits per heavy atom. The molecule has 0 N–H and O–H groups in total. The van der Waals surface area contributed by atoms with Gasteiger partial charge in [-0.15, -0.1) is 0 Å². The Hall–Kier alpha value is -0.840. The quantitative estimate of drug-likeness (QED) is 0.347. The molecule has 0 aliphatic carbocycles. The Morgan fingerprint density at radius 3 is 1.59 bits per heavy atom. The standard InChI is InChI=1S/C18H31F2NOS.2C2H6/c1-4-7-12-23(13-8-5-2,14-9-6-3)17-11-10-16(15-21-17)22-18(19)20;2*1-2/h10-11,15,18H,4-9,12-14H2,1-3H3;2*1-2H3. The number of halogens is 2. The fourth-order valence-corrected chi connectivity index (χ4v) is 7.07. The minimum Gasteiger partial charge on any atom is -0.433 e. The van der Waals surface area contributed by atoms with E-state index < -0.39 is 16.6 Å². The van der Waals surface area contributed by atoms with Crippen molar-refractivity contribution in [1.82, 2.24) is 4.98 Å². The minimum atomic E-state index is -2.79. The molecule has 0 saturated heterocycles. The van der Waals surface area contributed by atoms with Gasteiger partial charge in [0.15, 0.2) is 0 Å². The smallest absolute Gasteiger partial charge is 0.387 e. The van der Waals surface area contributed by atoms with E-state index in [1.807, 2.05) is 33.8 Å². The van der Waals surface area contributed by atoms with Crippen LogP contribution in [0.25, 0.3) is 0 Å². The molecule has 0 bridgehead atoms. The van der Waals surface area contributed by atoms with Crippen molar-refractivity contribution in [2.45, 2.75) is 98.6 Å². The van der Waals surface area contributed by atoms with Crippen molar-refractivity contribution in [3.05, 3.63) is 18.3 Å². The summed E-state index contributed by atoms with van der Waals surface area (Å²) >= 11 is 0. The summed E-state index contributed by atoms with van der Waals surface area (Å²) in [5.74, 6) is 3.75. The van der Waals surface area contributed by atoms with Gasteiger partial charge < -0.3 is 4.74 Å². The Morgan fingerprint density at radius 2 is 1.30 bits per heavy atom. The lowest BCUT2D eigenvalue weighted by molar-refractivity contribution is -0.0501. The van der Waals surface area contributed by atoms with Gasteiger partial charge in [-0.25, -0.2) is 4.98 Å². The molecule has 0 aliphatic rings. The van der Waals surface area contributed by atoms with Gasteiger partial charge in [-0.3, -0.25) is 0 Å². The molecule has 5 heteroatoms. The van der Waals surface area contributed by atoms with Gasteiger partial charge >= 0.3 is 6.61 Å². The van der Waals surface area contributed by atoms with Crippen LogP contribution in [0.4, 0.5) is 8.78 Å². The van der Waals surface area contributed by atoms with Gasteiger partial charge in [0, 0.05) is 0 Å². The van der Waals surface area contributed by atoms with Crippen molar-refractivity contribution in [3.8, 4) is 5.75 Å². The topological polar surface area (TPSA) is 22.1 Å². The van der Waals surface area contributed by atoms with Gasteiger partial charge in [0.25, 0.3) is 0 Å². The van der Waals surface area contributed by atoms with Gasteiger partial charge in [-0.1, -0.05) is 67.7 Å². The van der Waals surface area contributed by atoms with Crippen LogP contribution in [0.15, 0.2) is 23.4 Å². The lowest BCUT2D eigenvalue weighted by atomic mass is 10.4. The van der Waals surface area contributed by atoms with E-state index in [2.05, 4.69) is 30.5 Å². The molecule has 0 atom stereocenters. The number of unbranched alkanes of at least 4 members (excludes halogenated alkanes) is 3. The highest BCUT2D eigenvalue weighted by atomic mass is 32.3. The third kappa shape index (κ3) is 11.6. The monoisotopic (exact) mass is 407 g/mol. The molecule has 1 aromatic heterocycles. The van der Waals surface area contributed by atoms with E-state index in [1.165, 1.54) is 62.0 Å². The number of hydrogen-bond acceptors (Lipinski definition) is 2. The lowest BCUT2D eigenvalue weighted by Crippen LogP contribution is -2.16.